The van der Waals surface area contributed by atoms with Crippen molar-refractivity contribution in [2.75, 3.05) is 26.3 Å². The number of hydrogen-bond acceptors (Lipinski definition) is 2. The molecule has 2 aliphatic rings. The zero-order chi connectivity index (χ0) is 11.5. The summed E-state index contributed by atoms with van der Waals surface area (Å²) in [7, 11) is 0. The summed E-state index contributed by atoms with van der Waals surface area (Å²) in [6, 6.07) is 9.72. The number of morpholine rings is 1. The first-order valence-corrected chi connectivity index (χ1v) is 6.82. The SMILES string of the molecule is c1ccc2c(c1)CCC(N1CCOCC1)CC2. The topological polar surface area (TPSA) is 12.5 Å². The summed E-state index contributed by atoms with van der Waals surface area (Å²) in [6.45, 7) is 4.09. The largest absolute Gasteiger partial charge is 0.379 e. The van der Waals surface area contributed by atoms with Crippen molar-refractivity contribution < 1.29 is 4.74 Å². The highest BCUT2D eigenvalue weighted by atomic mass is 16.5. The van der Waals surface area contributed by atoms with Crippen molar-refractivity contribution >= 4 is 0 Å². The maximum Gasteiger partial charge on any atom is 0.0594 e. The van der Waals surface area contributed by atoms with Crippen molar-refractivity contribution in [1.82, 2.24) is 4.90 Å². The Morgan fingerprint density at radius 3 is 2.12 bits per heavy atom. The molecule has 1 aliphatic carbocycles. The molecule has 0 N–H and O–H groups in total. The molecule has 1 saturated heterocycles. The molecule has 1 aromatic rings. The van der Waals surface area contributed by atoms with Crippen LogP contribution in [0.4, 0.5) is 0 Å². The van der Waals surface area contributed by atoms with Crippen molar-refractivity contribution in [2.24, 2.45) is 0 Å². The predicted molar refractivity (Wildman–Crippen MR) is 69.3 cm³/mol. The van der Waals surface area contributed by atoms with Gasteiger partial charge in [0.25, 0.3) is 0 Å². The average molecular weight is 231 g/mol. The molecule has 2 nitrogen and oxygen atoms in total. The molecule has 1 aromatic carbocycles. The molecule has 0 unspecified atom stereocenters. The van der Waals surface area contributed by atoms with Crippen molar-refractivity contribution in [3.05, 3.63) is 35.4 Å². The van der Waals surface area contributed by atoms with Gasteiger partial charge in [-0.05, 0) is 36.8 Å². The lowest BCUT2D eigenvalue weighted by Crippen LogP contribution is -2.43. The van der Waals surface area contributed by atoms with E-state index in [0.717, 1.165) is 32.3 Å². The smallest absolute Gasteiger partial charge is 0.0594 e. The molecule has 0 aromatic heterocycles. The van der Waals surface area contributed by atoms with E-state index >= 15 is 0 Å². The van der Waals surface area contributed by atoms with Gasteiger partial charge in [0.05, 0.1) is 13.2 Å². The summed E-state index contributed by atoms with van der Waals surface area (Å²) in [5, 5.41) is 0. The number of ether oxygens (including phenoxy) is 1. The summed E-state index contributed by atoms with van der Waals surface area (Å²) in [6.07, 6.45) is 5.13. The minimum absolute atomic E-state index is 0.770. The Morgan fingerprint density at radius 2 is 1.53 bits per heavy atom. The van der Waals surface area contributed by atoms with E-state index < -0.39 is 0 Å². The van der Waals surface area contributed by atoms with Crippen LogP contribution in [0.15, 0.2) is 24.3 Å². The quantitative estimate of drug-likeness (QED) is 0.687. The van der Waals surface area contributed by atoms with Crippen molar-refractivity contribution in [3.63, 3.8) is 0 Å². The van der Waals surface area contributed by atoms with Gasteiger partial charge in [0, 0.05) is 19.1 Å². The van der Waals surface area contributed by atoms with E-state index in [1.807, 2.05) is 0 Å². The van der Waals surface area contributed by atoms with Crippen LogP contribution in [0.5, 0.6) is 0 Å². The Labute approximate surface area is 104 Å². The summed E-state index contributed by atoms with van der Waals surface area (Å²) in [5.74, 6) is 0. The van der Waals surface area contributed by atoms with Gasteiger partial charge < -0.3 is 4.74 Å². The molecule has 0 radical (unpaired) electrons. The summed E-state index contributed by atoms with van der Waals surface area (Å²) in [4.78, 5) is 2.63. The Kier molecular flexibility index (Phi) is 3.44. The third-order valence-corrected chi connectivity index (χ3v) is 4.17. The average Bonchev–Trinajstić information content (AvgIpc) is 2.62. The lowest BCUT2D eigenvalue weighted by atomic mass is 10.0. The molecule has 3 rings (SSSR count). The first kappa shape index (κ1) is 11.2. The molecule has 0 bridgehead atoms. The van der Waals surface area contributed by atoms with E-state index in [9.17, 15) is 0 Å². The molecule has 0 saturated carbocycles. The van der Waals surface area contributed by atoms with Crippen LogP contribution in [-0.2, 0) is 17.6 Å². The summed E-state index contributed by atoms with van der Waals surface area (Å²) < 4.78 is 5.44. The lowest BCUT2D eigenvalue weighted by Gasteiger charge is -2.33. The van der Waals surface area contributed by atoms with Crippen LogP contribution >= 0.6 is 0 Å². The fourth-order valence-electron chi connectivity index (χ4n) is 3.14. The minimum atomic E-state index is 0.770. The monoisotopic (exact) mass is 231 g/mol. The van der Waals surface area contributed by atoms with Crippen LogP contribution in [0, 0.1) is 0 Å². The van der Waals surface area contributed by atoms with E-state index in [0.29, 0.717) is 0 Å². The number of benzene rings is 1. The highest BCUT2D eigenvalue weighted by Crippen LogP contribution is 2.24. The van der Waals surface area contributed by atoms with Gasteiger partial charge in [-0.2, -0.15) is 0 Å². The fourth-order valence-corrected chi connectivity index (χ4v) is 3.14. The molecular weight excluding hydrogens is 210 g/mol. The molecular formula is C15H21NO. The van der Waals surface area contributed by atoms with Gasteiger partial charge in [0.2, 0.25) is 0 Å². The number of rotatable bonds is 1. The maximum absolute atomic E-state index is 5.44. The van der Waals surface area contributed by atoms with Gasteiger partial charge >= 0.3 is 0 Å². The second-order valence-corrected chi connectivity index (χ2v) is 5.15. The van der Waals surface area contributed by atoms with Crippen LogP contribution in [0.25, 0.3) is 0 Å². The van der Waals surface area contributed by atoms with Gasteiger partial charge in [0.1, 0.15) is 0 Å². The fraction of sp³-hybridized carbons (Fsp3) is 0.600. The Hall–Kier alpha value is -0.860. The van der Waals surface area contributed by atoms with Crippen molar-refractivity contribution in [3.8, 4) is 0 Å². The van der Waals surface area contributed by atoms with Gasteiger partial charge in [-0.25, -0.2) is 0 Å². The number of hydrogen-bond donors (Lipinski definition) is 0. The highest BCUT2D eigenvalue weighted by Gasteiger charge is 2.23. The second-order valence-electron chi connectivity index (χ2n) is 5.15. The molecule has 17 heavy (non-hydrogen) atoms. The molecule has 1 aliphatic heterocycles. The van der Waals surface area contributed by atoms with E-state index in [1.165, 1.54) is 25.7 Å². The third-order valence-electron chi connectivity index (χ3n) is 4.17. The Balaban J connectivity index is 1.68. The molecule has 2 heteroatoms. The van der Waals surface area contributed by atoms with E-state index in [1.54, 1.807) is 11.1 Å². The molecule has 0 atom stereocenters. The third kappa shape index (κ3) is 2.53. The van der Waals surface area contributed by atoms with E-state index in [-0.39, 0.29) is 0 Å². The zero-order valence-corrected chi connectivity index (χ0v) is 10.4. The molecule has 1 fully saturated rings. The molecule has 0 spiro atoms. The number of fused-ring (bicyclic) bond motifs is 1. The molecule has 0 amide bonds. The highest BCUT2D eigenvalue weighted by molar-refractivity contribution is 5.28. The summed E-state index contributed by atoms with van der Waals surface area (Å²) in [5.41, 5.74) is 3.14. The predicted octanol–water partition coefficient (Wildman–Crippen LogP) is 2.27. The Bertz CT molecular complexity index is 344. The van der Waals surface area contributed by atoms with Gasteiger partial charge in [-0.1, -0.05) is 24.3 Å². The van der Waals surface area contributed by atoms with Crippen molar-refractivity contribution in [2.45, 2.75) is 31.7 Å². The Morgan fingerprint density at radius 1 is 0.941 bits per heavy atom. The number of nitrogens with zero attached hydrogens (tertiary/aromatic N) is 1. The first-order valence-electron chi connectivity index (χ1n) is 6.82. The van der Waals surface area contributed by atoms with Crippen LogP contribution in [-0.4, -0.2) is 37.2 Å². The zero-order valence-electron chi connectivity index (χ0n) is 10.4. The van der Waals surface area contributed by atoms with Crippen LogP contribution in [0.2, 0.25) is 0 Å². The second kappa shape index (κ2) is 5.19. The normalized spacial score (nSPS) is 23.1. The molecule has 1 heterocycles. The van der Waals surface area contributed by atoms with Gasteiger partial charge in [0.15, 0.2) is 0 Å². The lowest BCUT2D eigenvalue weighted by molar-refractivity contribution is 0.0136. The van der Waals surface area contributed by atoms with Crippen molar-refractivity contribution in [1.29, 1.82) is 0 Å². The maximum atomic E-state index is 5.44. The van der Waals surface area contributed by atoms with Gasteiger partial charge in [-0.3, -0.25) is 4.90 Å². The number of aryl methyl sites for hydroxylation is 2. The van der Waals surface area contributed by atoms with E-state index in [4.69, 9.17) is 4.74 Å². The first-order chi connectivity index (χ1) is 8.43. The van der Waals surface area contributed by atoms with Crippen LogP contribution in [0.3, 0.4) is 0 Å². The van der Waals surface area contributed by atoms with Gasteiger partial charge in [-0.15, -0.1) is 0 Å². The minimum Gasteiger partial charge on any atom is -0.379 e. The van der Waals surface area contributed by atoms with Crippen LogP contribution < -0.4 is 0 Å². The summed E-state index contributed by atoms with van der Waals surface area (Å²) >= 11 is 0. The standard InChI is InChI=1S/C15H21NO/c1-2-4-14-6-8-15(7-5-13(14)3-1)16-9-11-17-12-10-16/h1-4,15H,5-12H2. The van der Waals surface area contributed by atoms with Crippen LogP contribution in [0.1, 0.15) is 24.0 Å². The van der Waals surface area contributed by atoms with E-state index in [2.05, 4.69) is 29.2 Å². The molecule has 92 valence electrons.